The molecule has 1 aromatic carbocycles. The predicted octanol–water partition coefficient (Wildman–Crippen LogP) is 2.09. The van der Waals surface area contributed by atoms with E-state index in [2.05, 4.69) is 20.8 Å². The van der Waals surface area contributed by atoms with Gasteiger partial charge in [-0.1, -0.05) is 36.9 Å². The van der Waals surface area contributed by atoms with Crippen molar-refractivity contribution in [3.63, 3.8) is 0 Å². The lowest BCUT2D eigenvalue weighted by Gasteiger charge is -2.38. The monoisotopic (exact) mass is 489 g/mol. The van der Waals surface area contributed by atoms with Crippen LogP contribution in [0.25, 0.3) is 0 Å². The van der Waals surface area contributed by atoms with Gasteiger partial charge >= 0.3 is 30.0 Å². The van der Waals surface area contributed by atoms with Crippen molar-refractivity contribution in [3.05, 3.63) is 48.0 Å². The molecule has 1 amide bonds. The summed E-state index contributed by atoms with van der Waals surface area (Å²) in [6, 6.07) is 4.04. The second-order valence-corrected chi connectivity index (χ2v) is 7.33. The minimum atomic E-state index is -5.41. The molecule has 3 atom stereocenters. The fourth-order valence-corrected chi connectivity index (χ4v) is 3.36. The highest BCUT2D eigenvalue weighted by Crippen LogP contribution is 2.34. The molecule has 1 aromatic rings. The molecule has 0 aliphatic carbocycles. The van der Waals surface area contributed by atoms with Crippen molar-refractivity contribution in [3.8, 4) is 0 Å². The number of alkyl halides is 3. The molecule has 12 heteroatoms. The lowest BCUT2D eigenvalue weighted by atomic mass is 9.86. The molecule has 0 aromatic heterocycles. The number of hydrogen-bond acceptors (Lipinski definition) is 8. The third-order valence-electron chi connectivity index (χ3n) is 5.06. The standard InChI is InChI=1S/C22H26F3NO8/c1-13(17(27)32-3)11-21(31,20(30)34-5)12-16(18(28)33-4)26(19(29)22(23,24)25)14(2)15-9-7-6-8-10-15/h6-10,14,16,31H,1,11-12H2,2-5H3/t14-,16+,21+/m1/s1. The highest BCUT2D eigenvalue weighted by atomic mass is 19.4. The first kappa shape index (κ1) is 28.6. The molecular weight excluding hydrogens is 463 g/mol. The van der Waals surface area contributed by atoms with Crippen molar-refractivity contribution in [2.75, 3.05) is 21.3 Å². The molecule has 9 nitrogen and oxygen atoms in total. The number of carbonyl (C=O) groups excluding carboxylic acids is 4. The van der Waals surface area contributed by atoms with E-state index in [4.69, 9.17) is 0 Å². The summed E-state index contributed by atoms with van der Waals surface area (Å²) in [5, 5.41) is 11.0. The zero-order valence-corrected chi connectivity index (χ0v) is 19.0. The predicted molar refractivity (Wildman–Crippen MR) is 111 cm³/mol. The maximum atomic E-state index is 13.5. The molecule has 0 aliphatic rings. The van der Waals surface area contributed by atoms with E-state index in [0.717, 1.165) is 21.3 Å². The van der Waals surface area contributed by atoms with Gasteiger partial charge in [-0.2, -0.15) is 13.2 Å². The number of ether oxygens (including phenoxy) is 3. The van der Waals surface area contributed by atoms with E-state index in [1.54, 1.807) is 6.07 Å². The average molecular weight is 489 g/mol. The third-order valence-corrected chi connectivity index (χ3v) is 5.06. The fourth-order valence-electron chi connectivity index (χ4n) is 3.36. The van der Waals surface area contributed by atoms with Gasteiger partial charge in [0.2, 0.25) is 0 Å². The molecule has 0 fully saturated rings. The van der Waals surface area contributed by atoms with Crippen LogP contribution in [0.4, 0.5) is 13.2 Å². The molecule has 0 saturated carbocycles. The molecule has 0 spiro atoms. The Labute approximate surface area is 194 Å². The van der Waals surface area contributed by atoms with Crippen molar-refractivity contribution >= 4 is 23.8 Å². The van der Waals surface area contributed by atoms with E-state index in [-0.39, 0.29) is 10.5 Å². The average Bonchev–Trinajstić information content (AvgIpc) is 2.81. The lowest BCUT2D eigenvalue weighted by molar-refractivity contribution is -0.195. The summed E-state index contributed by atoms with van der Waals surface area (Å²) < 4.78 is 54.2. The highest BCUT2D eigenvalue weighted by Gasteiger charge is 2.52. The Hall–Kier alpha value is -3.41. The van der Waals surface area contributed by atoms with Gasteiger partial charge in [0.15, 0.2) is 5.60 Å². The summed E-state index contributed by atoms with van der Waals surface area (Å²) in [4.78, 5) is 49.4. The van der Waals surface area contributed by atoms with E-state index in [1.165, 1.54) is 31.2 Å². The maximum absolute atomic E-state index is 13.5. The molecule has 1 N–H and O–H groups in total. The smallest absolute Gasteiger partial charge is 0.467 e. The van der Waals surface area contributed by atoms with Crippen molar-refractivity contribution in [1.82, 2.24) is 4.90 Å². The van der Waals surface area contributed by atoms with E-state index in [0.29, 0.717) is 0 Å². The van der Waals surface area contributed by atoms with Gasteiger partial charge in [-0.15, -0.1) is 0 Å². The van der Waals surface area contributed by atoms with Crippen LogP contribution in [0.5, 0.6) is 0 Å². The van der Waals surface area contributed by atoms with Gasteiger partial charge in [-0.05, 0) is 12.5 Å². The zero-order valence-electron chi connectivity index (χ0n) is 19.0. The van der Waals surface area contributed by atoms with Crippen LogP contribution >= 0.6 is 0 Å². The third kappa shape index (κ3) is 6.80. The number of nitrogens with zero attached hydrogens (tertiary/aromatic N) is 1. The summed E-state index contributed by atoms with van der Waals surface area (Å²) in [5.41, 5.74) is -2.93. The van der Waals surface area contributed by atoms with Gasteiger partial charge in [-0.3, -0.25) is 4.79 Å². The number of halogens is 3. The molecule has 0 saturated heterocycles. The van der Waals surface area contributed by atoms with Crippen LogP contribution in [-0.2, 0) is 33.4 Å². The number of aliphatic hydroxyl groups is 1. The molecule has 0 unspecified atom stereocenters. The molecule has 34 heavy (non-hydrogen) atoms. The van der Waals surface area contributed by atoms with Crippen molar-refractivity contribution in [2.24, 2.45) is 0 Å². The highest BCUT2D eigenvalue weighted by molar-refractivity contribution is 5.91. The van der Waals surface area contributed by atoms with Gasteiger partial charge in [-0.25, -0.2) is 14.4 Å². The van der Waals surface area contributed by atoms with Crippen molar-refractivity contribution < 1.29 is 51.7 Å². The molecule has 1 rings (SSSR count). The number of benzene rings is 1. The van der Waals surface area contributed by atoms with E-state index in [9.17, 15) is 37.5 Å². The second kappa shape index (κ2) is 11.6. The summed E-state index contributed by atoms with van der Waals surface area (Å²) >= 11 is 0. The first-order valence-corrected chi connectivity index (χ1v) is 9.82. The first-order chi connectivity index (χ1) is 15.7. The normalized spacial score (nSPS) is 14.7. The summed E-state index contributed by atoms with van der Waals surface area (Å²) in [6.07, 6.45) is -7.36. The Morgan fingerprint density at radius 2 is 1.59 bits per heavy atom. The number of esters is 3. The number of carbonyl (C=O) groups is 4. The van der Waals surface area contributed by atoms with Crippen LogP contribution in [0.2, 0.25) is 0 Å². The minimum absolute atomic E-state index is 0.177. The van der Waals surface area contributed by atoms with Crippen LogP contribution in [0.1, 0.15) is 31.4 Å². The van der Waals surface area contributed by atoms with Crippen molar-refractivity contribution in [2.45, 2.75) is 43.6 Å². The molecule has 0 aliphatic heterocycles. The maximum Gasteiger partial charge on any atom is 0.471 e. The molecule has 0 bridgehead atoms. The molecule has 188 valence electrons. The number of hydrogen-bond donors (Lipinski definition) is 1. The first-order valence-electron chi connectivity index (χ1n) is 9.82. The van der Waals surface area contributed by atoms with Crippen LogP contribution in [0, 0.1) is 0 Å². The Morgan fingerprint density at radius 3 is 2.03 bits per heavy atom. The number of rotatable bonds is 10. The fraction of sp³-hybridized carbons (Fsp3) is 0.455. The van der Waals surface area contributed by atoms with Gasteiger partial charge in [0, 0.05) is 18.4 Å². The lowest BCUT2D eigenvalue weighted by Crippen LogP contribution is -2.56. The molecular formula is C22H26F3NO8. The van der Waals surface area contributed by atoms with Crippen LogP contribution in [0.15, 0.2) is 42.5 Å². The molecule has 0 radical (unpaired) electrons. The Kier molecular flexibility index (Phi) is 9.80. The largest absolute Gasteiger partial charge is 0.471 e. The molecule has 0 heterocycles. The number of methoxy groups -OCH3 is 3. The van der Waals surface area contributed by atoms with Crippen LogP contribution in [0.3, 0.4) is 0 Å². The van der Waals surface area contributed by atoms with Crippen LogP contribution in [-0.4, -0.2) is 73.0 Å². The Morgan fingerprint density at radius 1 is 1.03 bits per heavy atom. The number of amides is 1. The quantitative estimate of drug-likeness (QED) is 0.302. The van der Waals surface area contributed by atoms with Crippen LogP contribution < -0.4 is 0 Å². The van der Waals surface area contributed by atoms with E-state index >= 15 is 0 Å². The summed E-state index contributed by atoms with van der Waals surface area (Å²) in [5.74, 6) is -6.14. The second-order valence-electron chi connectivity index (χ2n) is 7.33. The Balaban J connectivity index is 3.63. The van der Waals surface area contributed by atoms with Gasteiger partial charge < -0.3 is 24.2 Å². The van der Waals surface area contributed by atoms with Gasteiger partial charge in [0.05, 0.1) is 27.4 Å². The summed E-state index contributed by atoms with van der Waals surface area (Å²) in [6.45, 7) is 4.62. The zero-order chi connectivity index (χ0) is 26.3. The van der Waals surface area contributed by atoms with Gasteiger partial charge in [0.1, 0.15) is 6.04 Å². The topological polar surface area (TPSA) is 119 Å². The van der Waals surface area contributed by atoms with Gasteiger partial charge in [0.25, 0.3) is 0 Å². The Bertz CT molecular complexity index is 918. The minimum Gasteiger partial charge on any atom is -0.467 e. The van der Waals surface area contributed by atoms with Crippen molar-refractivity contribution in [1.29, 1.82) is 0 Å². The SMILES string of the molecule is C=C(C[C@](O)(C[C@@H](C(=O)OC)N(C(=O)C(F)(F)F)[C@H](C)c1ccccc1)C(=O)OC)C(=O)OC. The van der Waals surface area contributed by atoms with E-state index < -0.39 is 66.1 Å². The summed E-state index contributed by atoms with van der Waals surface area (Å²) in [7, 11) is 2.75. The van der Waals surface area contributed by atoms with E-state index in [1.807, 2.05) is 0 Å².